The van der Waals surface area contributed by atoms with Crippen LogP contribution >= 0.6 is 0 Å². The highest BCUT2D eigenvalue weighted by Gasteiger charge is 2.54. The molecule has 6 rings (SSSR count). The maximum absolute atomic E-state index is 14.5. The highest BCUT2D eigenvalue weighted by molar-refractivity contribution is 6.01. The quantitative estimate of drug-likeness (QED) is 0.0933. The smallest absolute Gasteiger partial charge is 0.344 e. The first kappa shape index (κ1) is 44.2. The molecular weight excluding hydrogens is 775 g/mol. The van der Waals surface area contributed by atoms with Crippen molar-refractivity contribution in [2.45, 2.75) is 148 Å². The lowest BCUT2D eigenvalue weighted by atomic mass is 9.84. The van der Waals surface area contributed by atoms with Crippen molar-refractivity contribution < 1.29 is 42.3 Å². The number of hydrogen-bond acceptors (Lipinski definition) is 9. The molecule has 0 radical (unpaired) electrons. The summed E-state index contributed by atoms with van der Waals surface area (Å²) in [6, 6.07) is 8.30. The fraction of sp³-hybridized carbons (Fsp3) is 0.522. The molecule has 12 nitrogen and oxygen atoms in total. The average Bonchev–Trinajstić information content (AvgIpc) is 3.56. The van der Waals surface area contributed by atoms with Crippen LogP contribution < -0.4 is 15.5 Å². The number of rotatable bonds is 19. The van der Waals surface area contributed by atoms with Gasteiger partial charge in [-0.1, -0.05) is 101 Å². The second-order valence-electron chi connectivity index (χ2n) is 16.4. The Kier molecular flexibility index (Phi) is 14.9. The minimum atomic E-state index is -1.04. The van der Waals surface area contributed by atoms with E-state index in [2.05, 4.69) is 17.4 Å². The summed E-state index contributed by atoms with van der Waals surface area (Å²) in [4.78, 5) is 77.0. The van der Waals surface area contributed by atoms with Gasteiger partial charge < -0.3 is 29.1 Å². The van der Waals surface area contributed by atoms with Crippen LogP contribution in [-0.4, -0.2) is 57.1 Å². The zero-order valence-corrected chi connectivity index (χ0v) is 34.9. The Labute approximate surface area is 349 Å². The number of halogens is 2. The van der Waals surface area contributed by atoms with E-state index in [4.69, 9.17) is 14.3 Å². The van der Waals surface area contributed by atoms with E-state index in [1.807, 2.05) is 13.8 Å². The molecule has 3 aliphatic rings. The van der Waals surface area contributed by atoms with Crippen LogP contribution in [0.25, 0.3) is 0 Å². The molecule has 0 unspecified atom stereocenters. The van der Waals surface area contributed by atoms with Gasteiger partial charge in [-0.25, -0.2) is 13.6 Å². The van der Waals surface area contributed by atoms with E-state index in [1.54, 1.807) is 23.1 Å². The van der Waals surface area contributed by atoms with Crippen LogP contribution in [0.5, 0.6) is 5.75 Å². The molecule has 3 aliphatic heterocycles. The lowest BCUT2D eigenvalue weighted by Gasteiger charge is -2.42. The van der Waals surface area contributed by atoms with Gasteiger partial charge in [-0.05, 0) is 45.2 Å². The number of nitrogens with one attached hydrogen (secondary N) is 1. The number of pyridine rings is 1. The molecule has 2 aromatic carbocycles. The number of nitrogens with zero attached hydrogens (tertiary/aromatic N) is 3. The second kappa shape index (κ2) is 20.2. The van der Waals surface area contributed by atoms with Gasteiger partial charge in [0.25, 0.3) is 11.8 Å². The molecule has 2 bridgehead atoms. The summed E-state index contributed by atoms with van der Waals surface area (Å²) in [5.74, 6) is -5.26. The highest BCUT2D eigenvalue weighted by atomic mass is 19.1. The lowest BCUT2D eigenvalue weighted by Crippen LogP contribution is -2.52. The predicted molar refractivity (Wildman–Crippen MR) is 221 cm³/mol. The minimum absolute atomic E-state index is 0.00578. The van der Waals surface area contributed by atoms with E-state index in [0.29, 0.717) is 37.3 Å². The van der Waals surface area contributed by atoms with Gasteiger partial charge in [0.15, 0.2) is 11.3 Å². The van der Waals surface area contributed by atoms with Crippen LogP contribution in [0, 0.1) is 11.6 Å². The molecule has 1 fully saturated rings. The van der Waals surface area contributed by atoms with Crippen molar-refractivity contribution in [3.8, 4) is 5.75 Å². The van der Waals surface area contributed by atoms with Gasteiger partial charge in [-0.15, -0.1) is 0 Å². The van der Waals surface area contributed by atoms with Crippen LogP contribution in [0.3, 0.4) is 0 Å². The number of benzene rings is 2. The van der Waals surface area contributed by atoms with Gasteiger partial charge in [-0.3, -0.25) is 19.2 Å². The number of esters is 2. The van der Waals surface area contributed by atoms with Crippen molar-refractivity contribution in [2.75, 3.05) is 6.54 Å². The first-order valence-electron chi connectivity index (χ1n) is 21.4. The molecule has 2 amide bonds. The Balaban J connectivity index is 1.21. The van der Waals surface area contributed by atoms with E-state index in [-0.39, 0.29) is 49.0 Å². The zero-order valence-electron chi connectivity index (χ0n) is 34.9. The van der Waals surface area contributed by atoms with Crippen LogP contribution in [0.15, 0.2) is 58.6 Å². The predicted octanol–water partition coefficient (Wildman–Crippen LogP) is 8.73. The molecule has 0 aliphatic carbocycles. The SMILES string of the molecule is CCCCCCCCCCCCCC(=O)OCc1ccccc1C(=O)Oc1c2n(cc(C(=O)NCc3ccc(F)cc3F)c1=O)[C@@H]1CN(C2=O)[C@@H](C)CC[C@]12CC(C)=NO2. The number of ether oxygens (including phenoxy) is 2. The van der Waals surface area contributed by atoms with E-state index < -0.39 is 63.8 Å². The van der Waals surface area contributed by atoms with Crippen molar-refractivity contribution in [3.05, 3.63) is 98.5 Å². The number of fused-ring (bicyclic) bond motifs is 5. The van der Waals surface area contributed by atoms with Crippen molar-refractivity contribution >= 4 is 29.5 Å². The van der Waals surface area contributed by atoms with Crippen molar-refractivity contribution in [2.24, 2.45) is 5.16 Å². The first-order valence-corrected chi connectivity index (χ1v) is 21.4. The Hall–Kier alpha value is -5.40. The summed E-state index contributed by atoms with van der Waals surface area (Å²) in [5, 5.41) is 6.75. The molecule has 4 heterocycles. The number of carbonyl (C=O) groups is 4. The summed E-state index contributed by atoms with van der Waals surface area (Å²) >= 11 is 0. The third kappa shape index (κ3) is 10.3. The number of amides is 2. The summed E-state index contributed by atoms with van der Waals surface area (Å²) in [7, 11) is 0. The van der Waals surface area contributed by atoms with Crippen molar-refractivity contribution in [1.29, 1.82) is 0 Å². The Morgan fingerprint density at radius 1 is 0.933 bits per heavy atom. The van der Waals surface area contributed by atoms with Gasteiger partial charge >= 0.3 is 11.9 Å². The molecule has 14 heteroatoms. The number of hydrogen-bond donors (Lipinski definition) is 1. The lowest BCUT2D eigenvalue weighted by molar-refractivity contribution is -0.145. The third-order valence-corrected chi connectivity index (χ3v) is 11.9. The number of carbonyl (C=O) groups excluding carboxylic acids is 4. The maximum atomic E-state index is 14.5. The fourth-order valence-electron chi connectivity index (χ4n) is 8.46. The van der Waals surface area contributed by atoms with Gasteiger partial charge in [0.2, 0.25) is 11.2 Å². The summed E-state index contributed by atoms with van der Waals surface area (Å²) in [6.45, 7) is 5.49. The van der Waals surface area contributed by atoms with Crippen LogP contribution in [0.1, 0.15) is 165 Å². The molecule has 3 atom stereocenters. The highest BCUT2D eigenvalue weighted by Crippen LogP contribution is 2.46. The Bertz CT molecular complexity index is 2150. The zero-order chi connectivity index (χ0) is 42.8. The molecule has 3 aromatic rings. The second-order valence-corrected chi connectivity index (χ2v) is 16.4. The van der Waals surface area contributed by atoms with Gasteiger partial charge in [-0.2, -0.15) is 0 Å². The van der Waals surface area contributed by atoms with Gasteiger partial charge in [0, 0.05) is 55.4 Å². The standard InChI is InChI=1S/C46H56F2N4O8/c1-4-5-6-7-8-9-10-11-12-13-14-19-39(53)58-29-33-17-15-16-18-35(33)45(57)59-42-40-44(56)51-28-38(46(23-22-31(51)3)25-30(2)50-60-46)52(40)27-36(41(42)54)43(55)49-26-32-20-21-34(47)24-37(32)48/h15-18,20-21,24,27,31,38H,4-14,19,22-23,25-26,28-29H2,1-3H3,(H,49,55)/t31-,38+,46-/m0/s1. The van der Waals surface area contributed by atoms with E-state index in [9.17, 15) is 32.8 Å². The van der Waals surface area contributed by atoms with Crippen molar-refractivity contribution in [1.82, 2.24) is 14.8 Å². The van der Waals surface area contributed by atoms with E-state index >= 15 is 0 Å². The summed E-state index contributed by atoms with van der Waals surface area (Å²) in [6.07, 6.45) is 15.6. The number of aromatic nitrogens is 1. The topological polar surface area (TPSA) is 146 Å². The molecule has 1 N–H and O–H groups in total. The Morgan fingerprint density at radius 2 is 1.63 bits per heavy atom. The summed E-state index contributed by atoms with van der Waals surface area (Å²) < 4.78 is 41.0. The number of unbranched alkanes of at least 4 members (excludes halogenated alkanes) is 10. The normalized spacial score (nSPS) is 19.3. The molecule has 0 saturated carbocycles. The largest absolute Gasteiger partial charge is 0.461 e. The summed E-state index contributed by atoms with van der Waals surface area (Å²) in [5.41, 5.74) is -1.67. The molecular formula is C46H56F2N4O8. The van der Waals surface area contributed by atoms with E-state index in [0.717, 1.165) is 31.0 Å². The molecule has 1 saturated heterocycles. The fourth-order valence-corrected chi connectivity index (χ4v) is 8.46. The third-order valence-electron chi connectivity index (χ3n) is 11.9. The minimum Gasteiger partial charge on any atom is -0.461 e. The molecule has 322 valence electrons. The molecule has 1 aromatic heterocycles. The van der Waals surface area contributed by atoms with Crippen molar-refractivity contribution in [3.63, 3.8) is 0 Å². The van der Waals surface area contributed by atoms with Crippen LogP contribution in [-0.2, 0) is 27.5 Å². The first-order chi connectivity index (χ1) is 28.9. The van der Waals surface area contributed by atoms with Crippen LogP contribution in [0.2, 0.25) is 0 Å². The van der Waals surface area contributed by atoms with E-state index in [1.165, 1.54) is 67.8 Å². The molecule has 1 spiro atoms. The van der Waals surface area contributed by atoms with Gasteiger partial charge in [0.1, 0.15) is 23.8 Å². The maximum Gasteiger partial charge on any atom is 0.344 e. The number of oxime groups is 1. The van der Waals surface area contributed by atoms with Crippen LogP contribution in [0.4, 0.5) is 8.78 Å². The van der Waals surface area contributed by atoms with Gasteiger partial charge in [0.05, 0.1) is 17.3 Å². The monoisotopic (exact) mass is 830 g/mol. The average molecular weight is 831 g/mol. The Morgan fingerprint density at radius 3 is 2.32 bits per heavy atom. The molecule has 60 heavy (non-hydrogen) atoms.